The molecule has 1 aromatic carbocycles. The lowest BCUT2D eigenvalue weighted by Gasteiger charge is -2.35. The van der Waals surface area contributed by atoms with E-state index < -0.39 is 10.0 Å². The minimum Gasteiger partial charge on any atom is -0.353 e. The van der Waals surface area contributed by atoms with Gasteiger partial charge in [-0.1, -0.05) is 32.0 Å². The van der Waals surface area contributed by atoms with Crippen LogP contribution in [-0.2, 0) is 29.3 Å². The molecule has 1 fully saturated rings. The van der Waals surface area contributed by atoms with Crippen LogP contribution in [0.1, 0.15) is 43.0 Å². The van der Waals surface area contributed by atoms with E-state index in [-0.39, 0.29) is 0 Å². The minimum atomic E-state index is -3.46. The molecule has 170 valence electrons. The lowest BCUT2D eigenvalue weighted by atomic mass is 9.89. The van der Waals surface area contributed by atoms with E-state index in [1.165, 1.54) is 22.2 Å². The number of anilines is 1. The molecule has 0 bridgehead atoms. The number of aromatic nitrogens is 2. The first-order valence-electron chi connectivity index (χ1n) is 11.6. The minimum absolute atomic E-state index is 0.365. The van der Waals surface area contributed by atoms with E-state index in [2.05, 4.69) is 18.7 Å². The molecule has 3 heterocycles. The number of rotatable bonds is 5. The van der Waals surface area contributed by atoms with Gasteiger partial charge in [0, 0.05) is 37.5 Å². The van der Waals surface area contributed by atoms with E-state index in [0.717, 1.165) is 42.2 Å². The third-order valence-electron chi connectivity index (χ3n) is 6.58. The highest BCUT2D eigenvalue weighted by molar-refractivity contribution is 7.89. The molecule has 2 aliphatic rings. The highest BCUT2D eigenvalue weighted by Crippen LogP contribution is 2.41. The molecule has 0 saturated carbocycles. The number of nitrogens with zero attached hydrogens (tertiary/aromatic N) is 4. The molecule has 1 aliphatic carbocycles. The summed E-state index contributed by atoms with van der Waals surface area (Å²) in [6.45, 7) is 6.70. The normalized spacial score (nSPS) is 19.9. The standard InChI is InChI=1S/C24H30N4O2S2/c1-3-7-21-25-23(22-19-11-10-17(2)16-20(19)31-24(22)26-21)27-12-14-28(15-13-27)32(29,30)18-8-5-4-6-9-18/h4-6,8-9,17H,3,7,10-16H2,1-2H3/t17-/m1/s1. The second kappa shape index (κ2) is 8.72. The predicted octanol–water partition coefficient (Wildman–Crippen LogP) is 4.28. The molecule has 2 aromatic heterocycles. The van der Waals surface area contributed by atoms with Crippen molar-refractivity contribution in [2.75, 3.05) is 31.1 Å². The maximum absolute atomic E-state index is 13.0. The quantitative estimate of drug-likeness (QED) is 0.557. The molecule has 3 aromatic rings. The zero-order chi connectivity index (χ0) is 22.3. The van der Waals surface area contributed by atoms with E-state index in [4.69, 9.17) is 9.97 Å². The largest absolute Gasteiger partial charge is 0.353 e. The van der Waals surface area contributed by atoms with E-state index in [1.807, 2.05) is 17.4 Å². The molecule has 0 amide bonds. The number of benzene rings is 1. The summed E-state index contributed by atoms with van der Waals surface area (Å²) in [7, 11) is -3.46. The molecular formula is C24H30N4O2S2. The van der Waals surface area contributed by atoms with E-state index >= 15 is 0 Å². The van der Waals surface area contributed by atoms with Crippen LogP contribution in [-0.4, -0.2) is 48.9 Å². The summed E-state index contributed by atoms with van der Waals surface area (Å²) in [6.07, 6.45) is 5.29. The van der Waals surface area contributed by atoms with Crippen molar-refractivity contribution in [1.82, 2.24) is 14.3 Å². The van der Waals surface area contributed by atoms with E-state index in [0.29, 0.717) is 37.0 Å². The third-order valence-corrected chi connectivity index (χ3v) is 9.64. The van der Waals surface area contributed by atoms with Crippen LogP contribution >= 0.6 is 11.3 Å². The Morgan fingerprint density at radius 2 is 1.84 bits per heavy atom. The number of hydrogen-bond donors (Lipinski definition) is 0. The molecule has 1 saturated heterocycles. The summed E-state index contributed by atoms with van der Waals surface area (Å²) >= 11 is 1.84. The molecule has 0 spiro atoms. The first-order valence-corrected chi connectivity index (χ1v) is 13.8. The van der Waals surface area contributed by atoms with Gasteiger partial charge in [-0.15, -0.1) is 11.3 Å². The number of piperazine rings is 1. The summed E-state index contributed by atoms with van der Waals surface area (Å²) in [6, 6.07) is 8.73. The zero-order valence-corrected chi connectivity index (χ0v) is 20.4. The van der Waals surface area contributed by atoms with Crippen molar-refractivity contribution in [3.8, 4) is 0 Å². The zero-order valence-electron chi connectivity index (χ0n) is 18.7. The SMILES string of the molecule is CCCc1nc(N2CCN(S(=O)(=O)c3ccccc3)CC2)c2c3c(sc2n1)C[C@H](C)CC3. The van der Waals surface area contributed by atoms with Gasteiger partial charge in [0.1, 0.15) is 16.5 Å². The third kappa shape index (κ3) is 3.93. The maximum atomic E-state index is 13.0. The van der Waals surface area contributed by atoms with Gasteiger partial charge in [-0.2, -0.15) is 4.31 Å². The summed E-state index contributed by atoms with van der Waals surface area (Å²) in [5, 5.41) is 1.22. The van der Waals surface area contributed by atoms with Crippen LogP contribution in [0.5, 0.6) is 0 Å². The molecule has 0 radical (unpaired) electrons. The second-order valence-corrected chi connectivity index (χ2v) is 12.0. The van der Waals surface area contributed by atoms with Gasteiger partial charge in [-0.25, -0.2) is 18.4 Å². The Labute approximate surface area is 194 Å². The molecule has 6 nitrogen and oxygen atoms in total. The molecule has 1 aliphatic heterocycles. The predicted molar refractivity (Wildman–Crippen MR) is 130 cm³/mol. The fourth-order valence-electron chi connectivity index (χ4n) is 4.81. The highest BCUT2D eigenvalue weighted by atomic mass is 32.2. The first kappa shape index (κ1) is 21.8. The van der Waals surface area contributed by atoms with Gasteiger partial charge in [-0.3, -0.25) is 0 Å². The lowest BCUT2D eigenvalue weighted by molar-refractivity contribution is 0.384. The Morgan fingerprint density at radius 1 is 1.09 bits per heavy atom. The van der Waals surface area contributed by atoms with Gasteiger partial charge < -0.3 is 4.90 Å². The van der Waals surface area contributed by atoms with Crippen LogP contribution in [0, 0.1) is 5.92 Å². The monoisotopic (exact) mass is 470 g/mol. The number of sulfonamides is 1. The number of aryl methyl sites for hydroxylation is 2. The Kier molecular flexibility index (Phi) is 5.94. The van der Waals surface area contributed by atoms with E-state index in [9.17, 15) is 8.42 Å². The fourth-order valence-corrected chi connectivity index (χ4v) is 7.65. The second-order valence-electron chi connectivity index (χ2n) is 8.95. The van der Waals surface area contributed by atoms with Crippen molar-refractivity contribution in [3.05, 3.63) is 46.6 Å². The summed E-state index contributed by atoms with van der Waals surface area (Å²) in [5.41, 5.74) is 1.43. The van der Waals surface area contributed by atoms with Gasteiger partial charge in [0.25, 0.3) is 0 Å². The average Bonchev–Trinajstić information content (AvgIpc) is 3.16. The maximum Gasteiger partial charge on any atom is 0.243 e. The van der Waals surface area contributed by atoms with Crippen LogP contribution in [0.3, 0.4) is 0 Å². The van der Waals surface area contributed by atoms with Crippen LogP contribution < -0.4 is 4.90 Å². The van der Waals surface area contributed by atoms with Crippen LogP contribution in [0.15, 0.2) is 35.2 Å². The molecule has 8 heteroatoms. The number of fused-ring (bicyclic) bond motifs is 3. The van der Waals surface area contributed by atoms with Crippen LogP contribution in [0.4, 0.5) is 5.82 Å². The Hall–Kier alpha value is -2.03. The van der Waals surface area contributed by atoms with Gasteiger partial charge in [-0.05, 0) is 49.3 Å². The number of hydrogen-bond acceptors (Lipinski definition) is 6. The molecular weight excluding hydrogens is 440 g/mol. The van der Waals surface area contributed by atoms with Crippen LogP contribution in [0.25, 0.3) is 10.2 Å². The van der Waals surface area contributed by atoms with Gasteiger partial charge in [0.15, 0.2) is 0 Å². The van der Waals surface area contributed by atoms with Crippen molar-refractivity contribution < 1.29 is 8.42 Å². The van der Waals surface area contributed by atoms with Gasteiger partial charge in [0.05, 0.1) is 10.3 Å². The van der Waals surface area contributed by atoms with E-state index in [1.54, 1.807) is 28.6 Å². The van der Waals surface area contributed by atoms with Crippen molar-refractivity contribution in [1.29, 1.82) is 0 Å². The van der Waals surface area contributed by atoms with Gasteiger partial charge >= 0.3 is 0 Å². The average molecular weight is 471 g/mol. The molecule has 1 atom stereocenters. The molecule has 32 heavy (non-hydrogen) atoms. The van der Waals surface area contributed by atoms with Gasteiger partial charge in [0.2, 0.25) is 10.0 Å². The van der Waals surface area contributed by atoms with Crippen LogP contribution in [0.2, 0.25) is 0 Å². The topological polar surface area (TPSA) is 66.4 Å². The summed E-state index contributed by atoms with van der Waals surface area (Å²) in [5.74, 6) is 2.64. The number of thiophene rings is 1. The summed E-state index contributed by atoms with van der Waals surface area (Å²) < 4.78 is 27.7. The van der Waals surface area contributed by atoms with Crippen molar-refractivity contribution in [2.45, 2.75) is 50.8 Å². The summed E-state index contributed by atoms with van der Waals surface area (Å²) in [4.78, 5) is 15.2. The smallest absolute Gasteiger partial charge is 0.243 e. The Morgan fingerprint density at radius 3 is 2.56 bits per heavy atom. The molecule has 0 N–H and O–H groups in total. The molecule has 0 unspecified atom stereocenters. The van der Waals surface area contributed by atoms with Crippen molar-refractivity contribution in [3.63, 3.8) is 0 Å². The fraction of sp³-hybridized carbons (Fsp3) is 0.500. The highest BCUT2D eigenvalue weighted by Gasteiger charge is 2.31. The van der Waals surface area contributed by atoms with Crippen molar-refractivity contribution in [2.24, 2.45) is 5.92 Å². The Balaban J connectivity index is 1.46. The Bertz CT molecular complexity index is 1220. The lowest BCUT2D eigenvalue weighted by Crippen LogP contribution is -2.49. The molecule has 5 rings (SSSR count). The van der Waals surface area contributed by atoms with Crippen molar-refractivity contribution >= 4 is 37.4 Å². The first-order chi connectivity index (χ1) is 15.5.